The Morgan fingerprint density at radius 2 is 1.13 bits per heavy atom. The van der Waals surface area contributed by atoms with Gasteiger partial charge in [0, 0.05) is 30.0 Å². The number of ether oxygens (including phenoxy) is 2. The van der Waals surface area contributed by atoms with Crippen LogP contribution in [0, 0.1) is 0 Å². The largest absolute Gasteiger partial charge is 0.506 e. The fourth-order valence-electron chi connectivity index (χ4n) is 5.14. The number of methoxy groups -OCH3 is 2. The van der Waals surface area contributed by atoms with E-state index in [4.69, 9.17) is 18.6 Å². The van der Waals surface area contributed by atoms with Crippen LogP contribution >= 0.6 is 0 Å². The normalized spacial score (nSPS) is 13.3. The highest BCUT2D eigenvalue weighted by Crippen LogP contribution is 2.48. The lowest BCUT2D eigenvalue weighted by atomic mass is 10.0. The van der Waals surface area contributed by atoms with Crippen LogP contribution in [-0.2, 0) is 69.1 Å². The molecule has 0 aliphatic heterocycles. The number of benzene rings is 4. The van der Waals surface area contributed by atoms with Crippen LogP contribution in [-0.4, -0.2) is 120 Å². The maximum atomic E-state index is 12.9. The van der Waals surface area contributed by atoms with Crippen LogP contribution in [0.2, 0.25) is 0 Å². The molecule has 334 valence electrons. The topological polar surface area (TPSA) is 404 Å². The number of azo groups is 2. The van der Waals surface area contributed by atoms with Gasteiger partial charge in [0.25, 0.3) is 20.2 Å². The summed E-state index contributed by atoms with van der Waals surface area (Å²) in [7, 11) is -26.0. The molecule has 0 spiro atoms. The first-order valence-electron chi connectivity index (χ1n) is 15.9. The Bertz CT molecular complexity index is 3140. The van der Waals surface area contributed by atoms with Crippen LogP contribution in [0.5, 0.6) is 17.2 Å². The van der Waals surface area contributed by atoms with Gasteiger partial charge in [0.2, 0.25) is 0 Å². The van der Waals surface area contributed by atoms with Crippen LogP contribution in [0.25, 0.3) is 10.8 Å². The van der Waals surface area contributed by atoms with E-state index in [2.05, 4.69) is 34.1 Å². The Labute approximate surface area is 347 Å². The van der Waals surface area contributed by atoms with Gasteiger partial charge in [-0.15, -0.1) is 20.5 Å². The summed E-state index contributed by atoms with van der Waals surface area (Å²) in [5.74, 6) is -3.85. The molecule has 32 heteroatoms. The van der Waals surface area contributed by atoms with Crippen LogP contribution in [0.15, 0.2) is 88.6 Å². The Hall–Kier alpha value is -5.00. The molecule has 0 atom stereocenters. The zero-order valence-corrected chi connectivity index (χ0v) is 35.9. The van der Waals surface area contributed by atoms with E-state index in [0.29, 0.717) is 18.2 Å². The van der Waals surface area contributed by atoms with Crippen molar-refractivity contribution in [2.75, 3.05) is 51.3 Å². The molecule has 4 rings (SSSR count). The van der Waals surface area contributed by atoms with Gasteiger partial charge in [-0.1, -0.05) is 0 Å². The highest BCUT2D eigenvalue weighted by atomic mass is 32.3. The molecule has 6 N–H and O–H groups in total. The smallest absolute Gasteiger partial charge is 0.397 e. The molecule has 0 saturated heterocycles. The molecule has 4 aromatic rings. The van der Waals surface area contributed by atoms with E-state index in [9.17, 15) is 64.7 Å². The van der Waals surface area contributed by atoms with Gasteiger partial charge in [-0.3, -0.25) is 18.2 Å². The van der Waals surface area contributed by atoms with Gasteiger partial charge in [-0.2, -0.15) is 33.7 Å². The summed E-state index contributed by atoms with van der Waals surface area (Å²) in [5.41, 5.74) is -2.32. The third-order valence-corrected chi connectivity index (χ3v) is 13.9. The molecule has 0 aliphatic rings. The number of aromatic hydroxyl groups is 1. The predicted molar refractivity (Wildman–Crippen MR) is 208 cm³/mol. The van der Waals surface area contributed by atoms with Gasteiger partial charge < -0.3 is 19.9 Å². The van der Waals surface area contributed by atoms with Gasteiger partial charge in [-0.25, -0.2) is 25.2 Å². The maximum absolute atomic E-state index is 12.9. The number of hydrogen-bond acceptors (Lipinski definition) is 22. The summed E-state index contributed by atoms with van der Waals surface area (Å²) >= 11 is 0. The predicted octanol–water partition coefficient (Wildman–Crippen LogP) is 3.11. The van der Waals surface area contributed by atoms with Gasteiger partial charge >= 0.3 is 20.8 Å². The standard InChI is InChI=1S/C29H31N5O21S6/c1-30-19-6-5-17-18(27(19)33-32-21-12-16(4-7-24(21)58(40,41)42)56(36,37)10-8-54-60(46,47)48)13-26(59(43,44)45)28(29(17)53-3)34-31-20-14-23(52-2)25(15-22(20)35)57(38,39)11-9-55-61(49,50)51/h4-7,12-15,30,35H,8-11H2,1-3H3,(H,40,41,42)(H,43,44,45)(H,46,47,48)(H,49,50,51). The summed E-state index contributed by atoms with van der Waals surface area (Å²) < 4.78 is 201. The van der Waals surface area contributed by atoms with E-state index in [0.717, 1.165) is 32.4 Å². The molecule has 0 bridgehead atoms. The Morgan fingerprint density at radius 3 is 1.66 bits per heavy atom. The van der Waals surface area contributed by atoms with Crippen molar-refractivity contribution in [2.45, 2.75) is 19.6 Å². The van der Waals surface area contributed by atoms with Crippen LogP contribution in [0.3, 0.4) is 0 Å². The average molecular weight is 978 g/mol. The molecule has 0 unspecified atom stereocenters. The lowest BCUT2D eigenvalue weighted by molar-refractivity contribution is 0.282. The van der Waals surface area contributed by atoms with E-state index in [-0.39, 0.29) is 22.1 Å². The third-order valence-electron chi connectivity index (χ3n) is 7.78. The number of fused-ring (bicyclic) bond motifs is 1. The highest BCUT2D eigenvalue weighted by Gasteiger charge is 2.28. The molecule has 4 aromatic carbocycles. The average Bonchev–Trinajstić information content (AvgIpc) is 3.13. The fraction of sp³-hybridized carbons (Fsp3) is 0.241. The van der Waals surface area contributed by atoms with E-state index < -0.39 is 139 Å². The number of anilines is 1. The summed E-state index contributed by atoms with van der Waals surface area (Å²) in [4.78, 5) is -3.34. The number of phenolic OH excluding ortho intramolecular Hbond substituents is 1. The minimum atomic E-state index is -5.31. The van der Waals surface area contributed by atoms with Gasteiger partial charge in [0.15, 0.2) is 25.4 Å². The summed E-state index contributed by atoms with van der Waals surface area (Å²) in [5, 5.41) is 28.6. The van der Waals surface area contributed by atoms with Crippen molar-refractivity contribution in [3.63, 3.8) is 0 Å². The number of phenols is 1. The number of nitrogens with zero attached hydrogens (tertiary/aromatic N) is 4. The zero-order valence-electron chi connectivity index (χ0n) is 31.0. The summed E-state index contributed by atoms with van der Waals surface area (Å²) in [6, 6.07) is 7.00. The van der Waals surface area contributed by atoms with Gasteiger partial charge in [0.1, 0.15) is 48.9 Å². The monoisotopic (exact) mass is 977 g/mol. The second-order valence-corrected chi connectivity index (χ2v) is 20.8. The van der Waals surface area contributed by atoms with Crippen molar-refractivity contribution >= 4 is 99.9 Å². The number of rotatable bonds is 19. The number of hydrogen-bond donors (Lipinski definition) is 6. The minimum Gasteiger partial charge on any atom is -0.506 e. The van der Waals surface area contributed by atoms with Crippen molar-refractivity contribution in [2.24, 2.45) is 20.5 Å². The lowest BCUT2D eigenvalue weighted by Crippen LogP contribution is -2.16. The van der Waals surface area contributed by atoms with Gasteiger partial charge in [-0.05, 0) is 36.4 Å². The second kappa shape index (κ2) is 18.2. The molecular formula is C29H31N5O21S6. The molecule has 0 heterocycles. The highest BCUT2D eigenvalue weighted by molar-refractivity contribution is 7.92. The molecule has 0 amide bonds. The Morgan fingerprint density at radius 1 is 0.574 bits per heavy atom. The molecule has 0 aromatic heterocycles. The van der Waals surface area contributed by atoms with Crippen LogP contribution in [0.4, 0.5) is 28.4 Å². The van der Waals surface area contributed by atoms with E-state index in [1.54, 1.807) is 0 Å². The quantitative estimate of drug-likeness (QED) is 0.0580. The summed E-state index contributed by atoms with van der Waals surface area (Å²) in [6.07, 6.45) is 0. The molecule has 0 aliphatic carbocycles. The van der Waals surface area contributed by atoms with E-state index in [1.807, 2.05) is 0 Å². The maximum Gasteiger partial charge on any atom is 0.397 e. The van der Waals surface area contributed by atoms with E-state index >= 15 is 0 Å². The van der Waals surface area contributed by atoms with Crippen molar-refractivity contribution in [3.05, 3.63) is 48.5 Å². The third kappa shape index (κ3) is 12.1. The summed E-state index contributed by atoms with van der Waals surface area (Å²) in [6.45, 7) is -2.07. The zero-order chi connectivity index (χ0) is 45.9. The van der Waals surface area contributed by atoms with Crippen molar-refractivity contribution < 1.29 is 91.7 Å². The van der Waals surface area contributed by atoms with Crippen molar-refractivity contribution in [1.29, 1.82) is 0 Å². The first-order chi connectivity index (χ1) is 28.0. The molecule has 0 radical (unpaired) electrons. The fourth-order valence-corrected chi connectivity index (χ4v) is 9.56. The van der Waals surface area contributed by atoms with Crippen LogP contribution in [0.1, 0.15) is 0 Å². The Balaban J connectivity index is 1.91. The lowest BCUT2D eigenvalue weighted by Gasteiger charge is -2.15. The van der Waals surface area contributed by atoms with Crippen LogP contribution < -0.4 is 14.8 Å². The molecule has 26 nitrogen and oxygen atoms in total. The SMILES string of the molecule is CNc1ccc2c(OC)c(N=Nc3cc(OC)c(S(=O)(=O)CCOS(=O)(=O)O)cc3O)c(S(=O)(=O)O)cc2c1N=Nc1cc(S(=O)(=O)CCOS(=O)(=O)O)ccc1S(=O)(=O)O. The number of nitrogens with one attached hydrogen (secondary N) is 1. The van der Waals surface area contributed by atoms with Gasteiger partial charge in [0.05, 0.1) is 49.5 Å². The Kier molecular flexibility index (Phi) is 14.5. The molecular weight excluding hydrogens is 947 g/mol. The first-order valence-corrected chi connectivity index (χ1v) is 24.8. The van der Waals surface area contributed by atoms with Crippen molar-refractivity contribution in [1.82, 2.24) is 0 Å². The first kappa shape index (κ1) is 48.7. The second-order valence-electron chi connectivity index (χ2n) is 11.7. The molecule has 0 fully saturated rings. The van der Waals surface area contributed by atoms with E-state index in [1.165, 1.54) is 19.2 Å². The minimum absolute atomic E-state index is 0.0441. The van der Waals surface area contributed by atoms with Crippen molar-refractivity contribution in [3.8, 4) is 17.2 Å². The molecule has 61 heavy (non-hydrogen) atoms. The molecule has 0 saturated carbocycles. The number of sulfone groups is 2.